The van der Waals surface area contributed by atoms with Gasteiger partial charge in [0.25, 0.3) is 0 Å². The second-order valence-electron chi connectivity index (χ2n) is 10.8. The Morgan fingerprint density at radius 1 is 0.900 bits per heavy atom. The summed E-state index contributed by atoms with van der Waals surface area (Å²) in [5.41, 5.74) is 1.77. The van der Waals surface area contributed by atoms with Crippen LogP contribution >= 0.6 is 0 Å². The van der Waals surface area contributed by atoms with Gasteiger partial charge in [-0.15, -0.1) is 0 Å². The van der Waals surface area contributed by atoms with E-state index in [0.29, 0.717) is 5.69 Å². The molecule has 0 spiro atoms. The Labute approximate surface area is 237 Å². The van der Waals surface area contributed by atoms with E-state index in [4.69, 9.17) is 0 Å². The van der Waals surface area contributed by atoms with E-state index in [2.05, 4.69) is 5.32 Å². The van der Waals surface area contributed by atoms with Crippen LogP contribution in [0.2, 0.25) is 0 Å². The van der Waals surface area contributed by atoms with Crippen molar-refractivity contribution < 1.29 is 22.4 Å². The Balaban J connectivity index is 2.07. The zero-order valence-electron chi connectivity index (χ0n) is 23.7. The van der Waals surface area contributed by atoms with Gasteiger partial charge < -0.3 is 10.2 Å². The Bertz CT molecular complexity index is 1400. The van der Waals surface area contributed by atoms with Crippen LogP contribution in [0.4, 0.5) is 10.1 Å². The van der Waals surface area contributed by atoms with E-state index < -0.39 is 45.8 Å². The molecule has 0 fully saturated rings. The first-order valence-corrected chi connectivity index (χ1v) is 15.1. The molecule has 0 heterocycles. The summed E-state index contributed by atoms with van der Waals surface area (Å²) in [4.78, 5) is 29.0. The number of hydrogen-bond acceptors (Lipinski definition) is 4. The van der Waals surface area contributed by atoms with Gasteiger partial charge in [-0.25, -0.2) is 12.8 Å². The average Bonchev–Trinajstić information content (AvgIpc) is 2.89. The number of halogens is 1. The third kappa shape index (κ3) is 8.64. The zero-order chi connectivity index (χ0) is 29.5. The maximum Gasteiger partial charge on any atom is 0.244 e. The highest BCUT2D eigenvalue weighted by Gasteiger charge is 2.34. The maximum absolute atomic E-state index is 14.8. The van der Waals surface area contributed by atoms with Crippen molar-refractivity contribution in [3.05, 3.63) is 101 Å². The van der Waals surface area contributed by atoms with Gasteiger partial charge >= 0.3 is 0 Å². The van der Waals surface area contributed by atoms with Crippen molar-refractivity contribution in [3.8, 4) is 0 Å². The van der Waals surface area contributed by atoms with E-state index in [1.165, 1.54) is 11.0 Å². The number of carbonyl (C=O) groups is 2. The van der Waals surface area contributed by atoms with Crippen LogP contribution < -0.4 is 9.62 Å². The fourth-order valence-electron chi connectivity index (χ4n) is 4.33. The molecule has 0 aliphatic rings. The van der Waals surface area contributed by atoms with Crippen molar-refractivity contribution in [2.24, 2.45) is 0 Å². The molecule has 3 rings (SSSR count). The van der Waals surface area contributed by atoms with Gasteiger partial charge in [0.2, 0.25) is 21.8 Å². The first kappa shape index (κ1) is 30.8. The van der Waals surface area contributed by atoms with E-state index in [1.807, 2.05) is 70.2 Å². The molecule has 1 unspecified atom stereocenters. The summed E-state index contributed by atoms with van der Waals surface area (Å²) < 4.78 is 41.5. The molecule has 40 heavy (non-hydrogen) atoms. The lowest BCUT2D eigenvalue weighted by atomic mass is 10.0. The second-order valence-corrected chi connectivity index (χ2v) is 12.8. The number of carbonyl (C=O) groups excluding carboxylic acids is 2. The maximum atomic E-state index is 14.8. The molecule has 3 aromatic carbocycles. The standard InChI is InChI=1S/C31H38FN3O4S/c1-6-23-16-18-26(19-17-23)35(40(5,38)39)22-29(36)34(21-25-14-10-11-15-27(25)32)28(30(37)33-31(2,3)4)20-24-12-8-7-9-13-24/h7-19,28H,6,20-22H2,1-5H3,(H,33,37). The number of anilines is 1. The molecule has 1 N–H and O–H groups in total. The molecule has 0 aromatic heterocycles. The highest BCUT2D eigenvalue weighted by molar-refractivity contribution is 7.92. The van der Waals surface area contributed by atoms with Crippen LogP contribution in [0.1, 0.15) is 44.4 Å². The van der Waals surface area contributed by atoms with E-state index in [1.54, 1.807) is 30.3 Å². The van der Waals surface area contributed by atoms with Crippen LogP contribution in [0.3, 0.4) is 0 Å². The van der Waals surface area contributed by atoms with Crippen molar-refractivity contribution in [3.63, 3.8) is 0 Å². The molecule has 214 valence electrons. The topological polar surface area (TPSA) is 86.8 Å². The first-order chi connectivity index (χ1) is 18.8. The number of aryl methyl sites for hydroxylation is 1. The SMILES string of the molecule is CCc1ccc(N(CC(=O)N(Cc2ccccc2F)C(Cc2ccccc2)C(=O)NC(C)(C)C)S(C)(=O)=O)cc1. The van der Waals surface area contributed by atoms with Crippen molar-refractivity contribution in [1.29, 1.82) is 0 Å². The van der Waals surface area contributed by atoms with Crippen LogP contribution in [0, 0.1) is 5.82 Å². The minimum atomic E-state index is -3.87. The van der Waals surface area contributed by atoms with E-state index >= 15 is 0 Å². The van der Waals surface area contributed by atoms with E-state index in [-0.39, 0.29) is 18.5 Å². The fourth-order valence-corrected chi connectivity index (χ4v) is 5.18. The fraction of sp³-hybridized carbons (Fsp3) is 0.355. The molecule has 0 aliphatic carbocycles. The molecule has 1 atom stereocenters. The van der Waals surface area contributed by atoms with E-state index in [0.717, 1.165) is 28.1 Å². The van der Waals surface area contributed by atoms with Gasteiger partial charge in [0, 0.05) is 24.1 Å². The largest absolute Gasteiger partial charge is 0.350 e. The lowest BCUT2D eigenvalue weighted by Gasteiger charge is -2.35. The molecule has 0 radical (unpaired) electrons. The molecule has 7 nitrogen and oxygen atoms in total. The highest BCUT2D eigenvalue weighted by Crippen LogP contribution is 2.22. The van der Waals surface area contributed by atoms with E-state index in [9.17, 15) is 22.4 Å². The number of benzene rings is 3. The number of amides is 2. The summed E-state index contributed by atoms with van der Waals surface area (Å²) in [6.07, 6.45) is 1.97. The summed E-state index contributed by atoms with van der Waals surface area (Å²) in [5, 5.41) is 2.94. The van der Waals surface area contributed by atoms with Crippen LogP contribution in [-0.2, 0) is 39.0 Å². The minimum Gasteiger partial charge on any atom is -0.350 e. The first-order valence-electron chi connectivity index (χ1n) is 13.2. The lowest BCUT2D eigenvalue weighted by Crippen LogP contribution is -2.56. The molecule has 0 bridgehead atoms. The minimum absolute atomic E-state index is 0.160. The average molecular weight is 568 g/mol. The van der Waals surface area contributed by atoms with Gasteiger partial charge in [0.05, 0.1) is 11.9 Å². The van der Waals surface area contributed by atoms with Gasteiger partial charge in [-0.2, -0.15) is 0 Å². The molecule has 0 saturated carbocycles. The lowest BCUT2D eigenvalue weighted by molar-refractivity contribution is -0.140. The summed E-state index contributed by atoms with van der Waals surface area (Å²) in [7, 11) is -3.87. The number of sulfonamides is 1. The second kappa shape index (κ2) is 13.1. The highest BCUT2D eigenvalue weighted by atomic mass is 32.2. The Hall–Kier alpha value is -3.72. The molecule has 9 heteroatoms. The Morgan fingerprint density at radius 2 is 1.50 bits per heavy atom. The smallest absolute Gasteiger partial charge is 0.244 e. The molecule has 2 amide bonds. The number of hydrogen-bond donors (Lipinski definition) is 1. The Kier molecular flexibility index (Phi) is 10.1. The van der Waals surface area contributed by atoms with Crippen LogP contribution in [0.25, 0.3) is 0 Å². The number of nitrogens with one attached hydrogen (secondary N) is 1. The number of rotatable bonds is 11. The van der Waals surface area contributed by atoms with Gasteiger partial charge in [-0.05, 0) is 56.5 Å². The van der Waals surface area contributed by atoms with Crippen molar-refractivity contribution >= 4 is 27.5 Å². The number of nitrogens with zero attached hydrogens (tertiary/aromatic N) is 2. The van der Waals surface area contributed by atoms with Gasteiger partial charge in [0.1, 0.15) is 18.4 Å². The molecular weight excluding hydrogens is 529 g/mol. The predicted molar refractivity (Wildman–Crippen MR) is 157 cm³/mol. The van der Waals surface area contributed by atoms with Crippen molar-refractivity contribution in [2.75, 3.05) is 17.1 Å². The third-order valence-electron chi connectivity index (χ3n) is 6.38. The van der Waals surface area contributed by atoms with Gasteiger partial charge in [-0.3, -0.25) is 13.9 Å². The monoisotopic (exact) mass is 567 g/mol. The molecule has 0 aliphatic heterocycles. The Morgan fingerprint density at radius 3 is 2.05 bits per heavy atom. The van der Waals surface area contributed by atoms with Crippen molar-refractivity contribution in [1.82, 2.24) is 10.2 Å². The van der Waals surface area contributed by atoms with Crippen molar-refractivity contribution in [2.45, 2.75) is 58.7 Å². The van der Waals surface area contributed by atoms with Crippen LogP contribution in [0.15, 0.2) is 78.9 Å². The summed E-state index contributed by atoms with van der Waals surface area (Å²) in [6.45, 7) is 6.72. The molecule has 0 saturated heterocycles. The molecule has 3 aromatic rings. The normalized spacial score (nSPS) is 12.4. The van der Waals surface area contributed by atoms with Gasteiger partial charge in [-0.1, -0.05) is 67.6 Å². The third-order valence-corrected chi connectivity index (χ3v) is 7.52. The molecular formula is C31H38FN3O4S. The van der Waals surface area contributed by atoms with Gasteiger partial charge in [0.15, 0.2) is 0 Å². The predicted octanol–water partition coefficient (Wildman–Crippen LogP) is 4.71. The van der Waals surface area contributed by atoms with Crippen LogP contribution in [-0.4, -0.2) is 49.5 Å². The quantitative estimate of drug-likeness (QED) is 0.364. The zero-order valence-corrected chi connectivity index (χ0v) is 24.5. The van der Waals surface area contributed by atoms with Crippen LogP contribution in [0.5, 0.6) is 0 Å². The summed E-state index contributed by atoms with van der Waals surface area (Å²) >= 11 is 0. The summed E-state index contributed by atoms with van der Waals surface area (Å²) in [5.74, 6) is -1.57. The summed E-state index contributed by atoms with van der Waals surface area (Å²) in [6, 6.07) is 21.2.